The Balaban J connectivity index is 2.47. The third kappa shape index (κ3) is 4.98. The van der Waals surface area contributed by atoms with E-state index in [1.807, 2.05) is 0 Å². The number of rotatable bonds is 5. The molecule has 0 spiro atoms. The molecule has 0 aliphatic rings. The zero-order chi connectivity index (χ0) is 22.6. The number of nitro groups is 1. The average molecular weight is 445 g/mol. The molecule has 0 fully saturated rings. The van der Waals surface area contributed by atoms with Crippen molar-refractivity contribution in [1.29, 1.82) is 0 Å². The van der Waals surface area contributed by atoms with Crippen LogP contribution in [0, 0.1) is 10.1 Å². The van der Waals surface area contributed by atoms with Gasteiger partial charge in [0.2, 0.25) is 0 Å². The lowest BCUT2D eigenvalue weighted by molar-refractivity contribution is -0.625. The fourth-order valence-corrected chi connectivity index (χ4v) is 2.69. The van der Waals surface area contributed by atoms with Crippen LogP contribution in [0.5, 0.6) is 11.5 Å². The van der Waals surface area contributed by atoms with Crippen molar-refractivity contribution in [3.63, 3.8) is 0 Å². The second-order valence-electron chi connectivity index (χ2n) is 5.84. The first-order valence-electron chi connectivity index (χ1n) is 8.25. The van der Waals surface area contributed by atoms with Gasteiger partial charge in [-0.3, -0.25) is 9.79 Å². The van der Waals surface area contributed by atoms with E-state index >= 15 is 0 Å². The number of carbonyl (C=O) groups excluding carboxylic acids is 1. The monoisotopic (exact) mass is 444 g/mol. The summed E-state index contributed by atoms with van der Waals surface area (Å²) in [6, 6.07) is 6.60. The molecular weight excluding hydrogens is 429 g/mol. The number of hydrazine groups is 1. The molecule has 0 aromatic heterocycles. The van der Waals surface area contributed by atoms with Crippen LogP contribution in [0.25, 0.3) is 0 Å². The Morgan fingerprint density at radius 2 is 1.90 bits per heavy atom. The van der Waals surface area contributed by atoms with Crippen molar-refractivity contribution < 1.29 is 27.7 Å². The molecule has 160 valence electrons. The summed E-state index contributed by atoms with van der Waals surface area (Å²) in [6.07, 6.45) is -4.56. The number of nitrogens with zero attached hydrogens (tertiary/aromatic N) is 3. The van der Waals surface area contributed by atoms with Gasteiger partial charge in [0, 0.05) is 19.7 Å². The molecule has 0 saturated carbocycles. The van der Waals surface area contributed by atoms with Crippen LogP contribution < -0.4 is 10.1 Å². The first-order valence-corrected chi connectivity index (χ1v) is 8.63. The molecule has 0 aliphatic carbocycles. The summed E-state index contributed by atoms with van der Waals surface area (Å²) >= 11 is 5.90. The normalized spacial score (nSPS) is 11.8. The first kappa shape index (κ1) is 22.9. The molecule has 0 unspecified atom stereocenters. The molecular formula is C18H16ClF3N4O4. The molecule has 1 amide bonds. The van der Waals surface area contributed by atoms with E-state index in [4.69, 9.17) is 16.3 Å². The van der Waals surface area contributed by atoms with Gasteiger partial charge in [0.05, 0.1) is 23.2 Å². The second-order valence-corrected chi connectivity index (χ2v) is 6.25. The zero-order valence-electron chi connectivity index (χ0n) is 16.0. The van der Waals surface area contributed by atoms with Crippen LogP contribution in [0.3, 0.4) is 0 Å². The van der Waals surface area contributed by atoms with Gasteiger partial charge >= 0.3 is 12.1 Å². The van der Waals surface area contributed by atoms with Gasteiger partial charge in [-0.25, -0.2) is 10.1 Å². The molecule has 0 heterocycles. The van der Waals surface area contributed by atoms with Gasteiger partial charge in [0.25, 0.3) is 0 Å². The Kier molecular flexibility index (Phi) is 6.88. The number of amidine groups is 1. The molecule has 2 aromatic carbocycles. The van der Waals surface area contributed by atoms with Crippen molar-refractivity contribution in [2.45, 2.75) is 6.18 Å². The van der Waals surface area contributed by atoms with Crippen LogP contribution in [0.1, 0.15) is 21.5 Å². The van der Waals surface area contributed by atoms with Crippen molar-refractivity contribution in [2.24, 2.45) is 4.99 Å². The molecule has 12 heteroatoms. The van der Waals surface area contributed by atoms with Gasteiger partial charge in [0.1, 0.15) is 17.3 Å². The number of carbonyl (C=O) groups is 1. The van der Waals surface area contributed by atoms with Crippen LogP contribution in [0.2, 0.25) is 5.02 Å². The summed E-state index contributed by atoms with van der Waals surface area (Å²) in [5, 5.41) is 12.9. The van der Waals surface area contributed by atoms with Crippen molar-refractivity contribution in [1.82, 2.24) is 10.3 Å². The maximum Gasteiger partial charge on any atom is 0.416 e. The van der Waals surface area contributed by atoms with E-state index in [-0.39, 0.29) is 33.5 Å². The maximum absolute atomic E-state index is 12.8. The number of alkyl halides is 3. The van der Waals surface area contributed by atoms with E-state index in [1.54, 1.807) is 0 Å². The summed E-state index contributed by atoms with van der Waals surface area (Å²) in [5.74, 6) is -0.579. The first-order chi connectivity index (χ1) is 14.0. The quantitative estimate of drug-likeness (QED) is 0.325. The highest BCUT2D eigenvalue weighted by Gasteiger charge is 2.31. The van der Waals surface area contributed by atoms with Gasteiger partial charge in [0.15, 0.2) is 5.03 Å². The average Bonchev–Trinajstić information content (AvgIpc) is 2.68. The Hall–Kier alpha value is -3.34. The summed E-state index contributed by atoms with van der Waals surface area (Å²) in [6.45, 7) is 0. The lowest BCUT2D eigenvalue weighted by Gasteiger charge is -2.15. The minimum atomic E-state index is -4.56. The number of hydrogen-bond donors (Lipinski definition) is 1. The predicted octanol–water partition coefficient (Wildman–Crippen LogP) is 4.01. The van der Waals surface area contributed by atoms with Crippen LogP contribution in [0.4, 0.5) is 13.2 Å². The molecule has 0 atom stereocenters. The SMILES string of the molecule is CN=C(NC)c1cc(Oc2ccc(C(F)(F)F)cc2Cl)ccc1C(=O)N(C)[N+](=O)[O-]. The number of halogens is 4. The van der Waals surface area contributed by atoms with Crippen LogP contribution in [0.15, 0.2) is 41.4 Å². The molecule has 1 N–H and O–H groups in total. The Bertz CT molecular complexity index is 1010. The van der Waals surface area contributed by atoms with Crippen LogP contribution in [-0.2, 0) is 6.18 Å². The van der Waals surface area contributed by atoms with Gasteiger partial charge < -0.3 is 10.1 Å². The third-order valence-electron chi connectivity index (χ3n) is 3.96. The minimum Gasteiger partial charge on any atom is -0.456 e. The van der Waals surface area contributed by atoms with Crippen LogP contribution >= 0.6 is 11.6 Å². The number of benzene rings is 2. The van der Waals surface area contributed by atoms with Gasteiger partial charge in [-0.1, -0.05) is 16.6 Å². The highest BCUT2D eigenvalue weighted by molar-refractivity contribution is 6.32. The highest BCUT2D eigenvalue weighted by atomic mass is 35.5. The van der Waals surface area contributed by atoms with E-state index in [0.717, 1.165) is 25.2 Å². The Labute approximate surface area is 174 Å². The van der Waals surface area contributed by atoms with Crippen molar-refractivity contribution in [2.75, 3.05) is 21.1 Å². The predicted molar refractivity (Wildman–Crippen MR) is 104 cm³/mol. The molecule has 30 heavy (non-hydrogen) atoms. The third-order valence-corrected chi connectivity index (χ3v) is 4.26. The number of nitrogens with one attached hydrogen (secondary N) is 1. The van der Waals surface area contributed by atoms with Gasteiger partial charge in [-0.05, 0) is 36.4 Å². The van der Waals surface area contributed by atoms with Gasteiger partial charge in [-0.2, -0.15) is 13.2 Å². The van der Waals surface area contributed by atoms with E-state index in [2.05, 4.69) is 10.3 Å². The second kappa shape index (κ2) is 8.99. The van der Waals surface area contributed by atoms with Crippen molar-refractivity contribution in [3.05, 3.63) is 68.2 Å². The lowest BCUT2D eigenvalue weighted by Crippen LogP contribution is -2.34. The fraction of sp³-hybridized carbons (Fsp3) is 0.222. The molecule has 8 nitrogen and oxygen atoms in total. The van der Waals surface area contributed by atoms with E-state index in [0.29, 0.717) is 5.01 Å². The summed E-state index contributed by atoms with van der Waals surface area (Å²) in [5.41, 5.74) is -0.769. The Morgan fingerprint density at radius 1 is 1.23 bits per heavy atom. The fourth-order valence-electron chi connectivity index (χ4n) is 2.47. The number of ether oxygens (including phenoxy) is 1. The topological polar surface area (TPSA) is 97.1 Å². The van der Waals surface area contributed by atoms with Crippen molar-refractivity contribution in [3.8, 4) is 11.5 Å². The zero-order valence-corrected chi connectivity index (χ0v) is 16.7. The molecule has 0 saturated heterocycles. The number of aliphatic imine (C=N–C) groups is 1. The maximum atomic E-state index is 12.8. The lowest BCUT2D eigenvalue weighted by atomic mass is 10.0. The van der Waals surface area contributed by atoms with E-state index < -0.39 is 22.7 Å². The minimum absolute atomic E-state index is 0.0324. The smallest absolute Gasteiger partial charge is 0.416 e. The molecule has 2 rings (SSSR count). The Morgan fingerprint density at radius 3 is 2.40 bits per heavy atom. The summed E-state index contributed by atoms with van der Waals surface area (Å²) in [4.78, 5) is 27.3. The van der Waals surface area contributed by atoms with Crippen molar-refractivity contribution >= 4 is 23.3 Å². The standard InChI is InChI=1S/C18H16ClF3N4O4/c1-23-16(24-2)13-9-11(5-6-12(13)17(27)25(3)26(28)29)30-15-7-4-10(8-14(15)19)18(20,21)22/h4-9H,1-3H3,(H,23,24). The number of amides is 1. The van der Waals surface area contributed by atoms with E-state index in [1.165, 1.54) is 32.3 Å². The van der Waals surface area contributed by atoms with Crippen LogP contribution in [-0.4, -0.2) is 42.9 Å². The molecule has 0 radical (unpaired) electrons. The highest BCUT2D eigenvalue weighted by Crippen LogP contribution is 2.36. The molecule has 0 aliphatic heterocycles. The summed E-state index contributed by atoms with van der Waals surface area (Å²) < 4.78 is 43.9. The summed E-state index contributed by atoms with van der Waals surface area (Å²) in [7, 11) is 3.98. The largest absolute Gasteiger partial charge is 0.456 e. The molecule has 0 bridgehead atoms. The van der Waals surface area contributed by atoms with Gasteiger partial charge in [-0.15, -0.1) is 0 Å². The number of hydrogen-bond acceptors (Lipinski definition) is 5. The molecule has 2 aromatic rings. The van der Waals surface area contributed by atoms with E-state index in [9.17, 15) is 28.1 Å².